The molecule has 1 aromatic heterocycles. The predicted octanol–water partition coefficient (Wildman–Crippen LogP) is 4.28. The molecule has 1 heterocycles. The van der Waals surface area contributed by atoms with Crippen LogP contribution in [0.5, 0.6) is 0 Å². The summed E-state index contributed by atoms with van der Waals surface area (Å²) in [5.41, 5.74) is 0. The second-order valence-corrected chi connectivity index (χ2v) is 5.43. The first-order valence-electron chi connectivity index (χ1n) is 5.25. The van der Waals surface area contributed by atoms with Crippen LogP contribution in [-0.4, -0.2) is 18.1 Å². The van der Waals surface area contributed by atoms with E-state index in [2.05, 4.69) is 16.8 Å². The molecule has 0 N–H and O–H groups in total. The minimum Gasteiger partial charge on any atom is -0.355 e. The summed E-state index contributed by atoms with van der Waals surface area (Å²) in [6, 6.07) is 2.08. The van der Waals surface area contributed by atoms with Gasteiger partial charge in [0.15, 0.2) is 0 Å². The van der Waals surface area contributed by atoms with Crippen LogP contribution in [0.3, 0.4) is 0 Å². The first kappa shape index (κ1) is 12.3. The Hall–Kier alpha value is -0.180. The minimum atomic E-state index is 0.302. The van der Waals surface area contributed by atoms with Crippen molar-refractivity contribution in [2.24, 2.45) is 5.92 Å². The van der Waals surface area contributed by atoms with Crippen molar-refractivity contribution in [3.05, 3.63) is 21.3 Å². The molecule has 1 aliphatic rings. The Morgan fingerprint density at radius 1 is 1.31 bits per heavy atom. The number of nitrogens with zero attached hydrogens (tertiary/aromatic N) is 2. The molecule has 1 aliphatic carbocycles. The molecule has 16 heavy (non-hydrogen) atoms. The van der Waals surface area contributed by atoms with E-state index in [9.17, 15) is 0 Å². The number of anilines is 1. The number of aromatic nitrogens is 1. The minimum absolute atomic E-state index is 0.302. The third kappa shape index (κ3) is 2.39. The summed E-state index contributed by atoms with van der Waals surface area (Å²) in [6.45, 7) is 2.18. The maximum absolute atomic E-state index is 6.12. The molecular weight excluding hydrogens is 266 g/mol. The summed E-state index contributed by atoms with van der Waals surface area (Å²) < 4.78 is 0. The Balaban J connectivity index is 2.28. The van der Waals surface area contributed by atoms with Crippen molar-refractivity contribution in [2.75, 3.05) is 11.9 Å². The van der Waals surface area contributed by atoms with Crippen LogP contribution in [0, 0.1) is 5.92 Å². The standard InChI is InChI=1S/C11H13Cl3N2/c1-6(7-3-4-7)16(2)11-9(13)5-8(12)10(14)15-11/h5-7H,3-4H2,1-2H3. The topological polar surface area (TPSA) is 16.1 Å². The number of hydrogen-bond donors (Lipinski definition) is 0. The second kappa shape index (κ2) is 4.59. The highest BCUT2D eigenvalue weighted by Crippen LogP contribution is 2.38. The third-order valence-electron chi connectivity index (χ3n) is 3.12. The maximum Gasteiger partial charge on any atom is 0.150 e. The monoisotopic (exact) mass is 278 g/mol. The van der Waals surface area contributed by atoms with Crippen LogP contribution >= 0.6 is 34.8 Å². The highest BCUT2D eigenvalue weighted by molar-refractivity contribution is 6.42. The molecule has 0 radical (unpaired) electrons. The Morgan fingerprint density at radius 2 is 1.94 bits per heavy atom. The van der Waals surface area contributed by atoms with Gasteiger partial charge in [-0.1, -0.05) is 34.8 Å². The van der Waals surface area contributed by atoms with Gasteiger partial charge >= 0.3 is 0 Å². The molecule has 1 aromatic rings. The zero-order chi connectivity index (χ0) is 11.9. The Bertz CT molecular complexity index is 404. The van der Waals surface area contributed by atoms with Gasteiger partial charge in [0, 0.05) is 13.1 Å². The van der Waals surface area contributed by atoms with E-state index in [1.165, 1.54) is 12.8 Å². The lowest BCUT2D eigenvalue weighted by molar-refractivity contribution is 0.604. The first-order chi connectivity index (χ1) is 7.50. The normalized spacial score (nSPS) is 17.3. The fourth-order valence-electron chi connectivity index (χ4n) is 1.77. The fourth-order valence-corrected chi connectivity index (χ4v) is 2.40. The van der Waals surface area contributed by atoms with Crippen molar-refractivity contribution in [1.29, 1.82) is 0 Å². The summed E-state index contributed by atoms with van der Waals surface area (Å²) in [5.74, 6) is 1.45. The van der Waals surface area contributed by atoms with Crippen LogP contribution in [-0.2, 0) is 0 Å². The second-order valence-electron chi connectivity index (χ2n) is 4.26. The lowest BCUT2D eigenvalue weighted by atomic mass is 10.2. The zero-order valence-electron chi connectivity index (χ0n) is 9.17. The number of pyridine rings is 1. The van der Waals surface area contributed by atoms with E-state index in [4.69, 9.17) is 34.8 Å². The predicted molar refractivity (Wildman–Crippen MR) is 69.9 cm³/mol. The van der Waals surface area contributed by atoms with Gasteiger partial charge in [0.1, 0.15) is 11.0 Å². The van der Waals surface area contributed by atoms with Gasteiger partial charge in [-0.2, -0.15) is 0 Å². The SMILES string of the molecule is CC(C1CC1)N(C)c1nc(Cl)c(Cl)cc1Cl. The van der Waals surface area contributed by atoms with Crippen LogP contribution in [0.2, 0.25) is 15.2 Å². The van der Waals surface area contributed by atoms with E-state index >= 15 is 0 Å². The molecule has 1 saturated carbocycles. The smallest absolute Gasteiger partial charge is 0.150 e. The largest absolute Gasteiger partial charge is 0.355 e. The van der Waals surface area contributed by atoms with Crippen molar-refractivity contribution in [1.82, 2.24) is 4.98 Å². The quantitative estimate of drug-likeness (QED) is 0.768. The molecule has 0 amide bonds. The van der Waals surface area contributed by atoms with Gasteiger partial charge in [-0.25, -0.2) is 4.98 Å². The Kier molecular flexibility index (Phi) is 3.53. The van der Waals surface area contributed by atoms with Gasteiger partial charge in [-0.15, -0.1) is 0 Å². The number of halogens is 3. The highest BCUT2D eigenvalue weighted by atomic mass is 35.5. The molecule has 88 valence electrons. The van der Waals surface area contributed by atoms with Crippen molar-refractivity contribution in [2.45, 2.75) is 25.8 Å². The van der Waals surface area contributed by atoms with E-state index in [1.54, 1.807) is 6.07 Å². The van der Waals surface area contributed by atoms with Gasteiger partial charge in [0.25, 0.3) is 0 Å². The van der Waals surface area contributed by atoms with E-state index in [1.807, 2.05) is 7.05 Å². The molecule has 0 aliphatic heterocycles. The molecular formula is C11H13Cl3N2. The van der Waals surface area contributed by atoms with Crippen molar-refractivity contribution >= 4 is 40.6 Å². The highest BCUT2D eigenvalue weighted by Gasteiger charge is 2.31. The van der Waals surface area contributed by atoms with Crippen LogP contribution in [0.4, 0.5) is 5.82 Å². The molecule has 5 heteroatoms. The first-order valence-corrected chi connectivity index (χ1v) is 6.38. The average Bonchev–Trinajstić information content (AvgIpc) is 3.05. The van der Waals surface area contributed by atoms with Gasteiger partial charge in [-0.05, 0) is 31.7 Å². The van der Waals surface area contributed by atoms with Crippen LogP contribution in [0.15, 0.2) is 6.07 Å². The van der Waals surface area contributed by atoms with Crippen molar-refractivity contribution < 1.29 is 0 Å². The van der Waals surface area contributed by atoms with Gasteiger partial charge < -0.3 is 4.90 Å². The van der Waals surface area contributed by atoms with Crippen LogP contribution < -0.4 is 4.90 Å². The summed E-state index contributed by atoms with van der Waals surface area (Å²) in [6.07, 6.45) is 2.56. The van der Waals surface area contributed by atoms with Gasteiger partial charge in [0.2, 0.25) is 0 Å². The number of hydrogen-bond acceptors (Lipinski definition) is 2. The van der Waals surface area contributed by atoms with Crippen molar-refractivity contribution in [3.8, 4) is 0 Å². The van der Waals surface area contributed by atoms with Crippen molar-refractivity contribution in [3.63, 3.8) is 0 Å². The molecule has 1 fully saturated rings. The molecule has 1 unspecified atom stereocenters. The van der Waals surface area contributed by atoms with Gasteiger partial charge in [0.05, 0.1) is 10.0 Å². The van der Waals surface area contributed by atoms with E-state index < -0.39 is 0 Å². The molecule has 0 spiro atoms. The summed E-state index contributed by atoms with van der Waals surface area (Å²) in [7, 11) is 1.99. The summed E-state index contributed by atoms with van der Waals surface area (Å²) in [5, 5.41) is 1.24. The third-order valence-corrected chi connectivity index (χ3v) is 4.07. The fraction of sp³-hybridized carbons (Fsp3) is 0.545. The molecule has 0 aromatic carbocycles. The lowest BCUT2D eigenvalue weighted by Gasteiger charge is -2.26. The van der Waals surface area contributed by atoms with E-state index in [0.29, 0.717) is 27.1 Å². The maximum atomic E-state index is 6.12. The number of rotatable bonds is 3. The van der Waals surface area contributed by atoms with E-state index in [-0.39, 0.29) is 0 Å². The Morgan fingerprint density at radius 3 is 2.50 bits per heavy atom. The van der Waals surface area contributed by atoms with Crippen LogP contribution in [0.25, 0.3) is 0 Å². The van der Waals surface area contributed by atoms with E-state index in [0.717, 1.165) is 5.92 Å². The summed E-state index contributed by atoms with van der Waals surface area (Å²) >= 11 is 17.9. The lowest BCUT2D eigenvalue weighted by Crippen LogP contribution is -2.31. The average molecular weight is 280 g/mol. The Labute approximate surface area is 111 Å². The molecule has 2 nitrogen and oxygen atoms in total. The zero-order valence-corrected chi connectivity index (χ0v) is 11.4. The van der Waals surface area contributed by atoms with Crippen LogP contribution in [0.1, 0.15) is 19.8 Å². The summed E-state index contributed by atoms with van der Waals surface area (Å²) in [4.78, 5) is 6.30. The van der Waals surface area contributed by atoms with Gasteiger partial charge in [-0.3, -0.25) is 0 Å². The molecule has 2 rings (SSSR count). The molecule has 0 saturated heterocycles. The molecule has 1 atom stereocenters. The molecule has 0 bridgehead atoms.